The van der Waals surface area contributed by atoms with E-state index in [1.54, 1.807) is 7.11 Å². The highest BCUT2D eigenvalue weighted by Crippen LogP contribution is 2.25. The molecule has 0 unspecified atom stereocenters. The van der Waals surface area contributed by atoms with Crippen LogP contribution in [0.1, 0.15) is 36.9 Å². The molecule has 6 nitrogen and oxygen atoms in total. The number of hydrogen-bond acceptors (Lipinski definition) is 6. The Balaban J connectivity index is 2.70. The molecule has 1 aromatic heterocycles. The summed E-state index contributed by atoms with van der Waals surface area (Å²) in [4.78, 5) is 16.7. The minimum absolute atomic E-state index is 0.179. The third kappa shape index (κ3) is 4.68. The number of ether oxygens (including phenoxy) is 1. The molecule has 4 N–H and O–H groups in total. The Morgan fingerprint density at radius 2 is 2.21 bits per heavy atom. The van der Waals surface area contributed by atoms with E-state index in [0.717, 1.165) is 6.42 Å². The highest BCUT2D eigenvalue weighted by Gasteiger charge is 2.22. The Kier molecular flexibility index (Phi) is 5.56. The molecule has 1 heterocycles. The van der Waals surface area contributed by atoms with Gasteiger partial charge in [-0.2, -0.15) is 0 Å². The molecule has 0 saturated carbocycles. The number of nitrogens with two attached hydrogens (primary N) is 1. The Labute approximate surface area is 117 Å². The van der Waals surface area contributed by atoms with Crippen molar-refractivity contribution in [3.05, 3.63) is 4.88 Å². The minimum Gasteiger partial charge on any atom is -0.383 e. The van der Waals surface area contributed by atoms with E-state index in [1.165, 1.54) is 11.3 Å². The standard InChI is InChI=1S/C12H22N4O2S/c1-5-12(2,3)16-10(17)8-9(13)15-11(19-8)14-6-7-18-4/h5-7,13H2,1-4H3,(H,14,15)(H,16,17). The van der Waals surface area contributed by atoms with Crippen molar-refractivity contribution in [1.82, 2.24) is 10.3 Å². The van der Waals surface area contributed by atoms with E-state index in [0.29, 0.717) is 23.2 Å². The van der Waals surface area contributed by atoms with Crippen LogP contribution in [0.4, 0.5) is 10.9 Å². The SMILES string of the molecule is CCC(C)(C)NC(=O)c1sc(NCCOC)nc1N. The second-order valence-corrected chi connectivity index (χ2v) is 5.84. The number of hydrogen-bond donors (Lipinski definition) is 3. The molecule has 0 radical (unpaired) electrons. The topological polar surface area (TPSA) is 89.3 Å². The van der Waals surface area contributed by atoms with Crippen molar-refractivity contribution in [2.75, 3.05) is 31.3 Å². The first kappa shape index (κ1) is 15.7. The molecule has 0 atom stereocenters. The molecule has 0 saturated heterocycles. The normalized spacial score (nSPS) is 11.4. The van der Waals surface area contributed by atoms with E-state index < -0.39 is 0 Å². The fourth-order valence-electron chi connectivity index (χ4n) is 1.28. The number of aromatic nitrogens is 1. The highest BCUT2D eigenvalue weighted by molar-refractivity contribution is 7.18. The third-order valence-electron chi connectivity index (χ3n) is 2.78. The first-order chi connectivity index (χ1) is 8.89. The average molecular weight is 286 g/mol. The third-order valence-corrected chi connectivity index (χ3v) is 3.81. The summed E-state index contributed by atoms with van der Waals surface area (Å²) in [5, 5.41) is 6.64. The Bertz CT molecular complexity index is 431. The molecule has 1 aromatic rings. The molecule has 19 heavy (non-hydrogen) atoms. The summed E-state index contributed by atoms with van der Waals surface area (Å²) in [5.74, 6) is 0.0796. The van der Waals surface area contributed by atoms with Gasteiger partial charge in [-0.15, -0.1) is 0 Å². The predicted octanol–water partition coefficient (Wildman–Crippen LogP) is 1.70. The van der Waals surface area contributed by atoms with Gasteiger partial charge in [0.25, 0.3) is 5.91 Å². The van der Waals surface area contributed by atoms with E-state index in [1.807, 2.05) is 20.8 Å². The van der Waals surface area contributed by atoms with Crippen molar-refractivity contribution < 1.29 is 9.53 Å². The fourth-order valence-corrected chi connectivity index (χ4v) is 2.09. The first-order valence-electron chi connectivity index (χ1n) is 6.21. The van der Waals surface area contributed by atoms with Crippen LogP contribution < -0.4 is 16.4 Å². The maximum absolute atomic E-state index is 12.1. The van der Waals surface area contributed by atoms with Gasteiger partial charge in [0, 0.05) is 19.2 Å². The van der Waals surface area contributed by atoms with Gasteiger partial charge >= 0.3 is 0 Å². The van der Waals surface area contributed by atoms with Gasteiger partial charge < -0.3 is 21.1 Å². The van der Waals surface area contributed by atoms with E-state index >= 15 is 0 Å². The average Bonchev–Trinajstić information content (AvgIpc) is 2.70. The number of rotatable bonds is 7. The molecule has 0 aliphatic carbocycles. The number of anilines is 2. The van der Waals surface area contributed by atoms with E-state index in [4.69, 9.17) is 10.5 Å². The van der Waals surface area contributed by atoms with Gasteiger partial charge in [-0.1, -0.05) is 18.3 Å². The molecular formula is C12H22N4O2S. The minimum atomic E-state index is -0.253. The van der Waals surface area contributed by atoms with Crippen LogP contribution in [0.3, 0.4) is 0 Å². The Morgan fingerprint density at radius 3 is 2.79 bits per heavy atom. The number of nitrogens with zero attached hydrogens (tertiary/aromatic N) is 1. The first-order valence-corrected chi connectivity index (χ1v) is 7.03. The largest absolute Gasteiger partial charge is 0.383 e. The van der Waals surface area contributed by atoms with Crippen LogP contribution in [0.5, 0.6) is 0 Å². The van der Waals surface area contributed by atoms with Gasteiger partial charge in [0.15, 0.2) is 5.13 Å². The summed E-state index contributed by atoms with van der Waals surface area (Å²) < 4.78 is 4.93. The van der Waals surface area contributed by atoms with Crippen molar-refractivity contribution in [1.29, 1.82) is 0 Å². The number of nitrogen functional groups attached to an aromatic ring is 1. The second-order valence-electron chi connectivity index (χ2n) is 4.84. The lowest BCUT2D eigenvalue weighted by Gasteiger charge is -2.23. The van der Waals surface area contributed by atoms with Crippen LogP contribution in [-0.4, -0.2) is 36.7 Å². The van der Waals surface area contributed by atoms with Gasteiger partial charge in [0.1, 0.15) is 10.7 Å². The number of carbonyl (C=O) groups is 1. The number of methoxy groups -OCH3 is 1. The Hall–Kier alpha value is -1.34. The molecule has 0 fully saturated rings. The number of nitrogens with one attached hydrogen (secondary N) is 2. The molecule has 0 aromatic carbocycles. The lowest BCUT2D eigenvalue weighted by Crippen LogP contribution is -2.42. The second kappa shape index (κ2) is 6.72. The zero-order valence-corrected chi connectivity index (χ0v) is 12.7. The summed E-state index contributed by atoms with van der Waals surface area (Å²) in [7, 11) is 1.63. The van der Waals surface area contributed by atoms with Gasteiger partial charge in [-0.3, -0.25) is 4.79 Å². The van der Waals surface area contributed by atoms with Crippen LogP contribution in [0.15, 0.2) is 0 Å². The van der Waals surface area contributed by atoms with Crippen LogP contribution in [0.25, 0.3) is 0 Å². The molecule has 108 valence electrons. The van der Waals surface area contributed by atoms with Crippen molar-refractivity contribution in [3.8, 4) is 0 Å². The molecule has 0 aliphatic rings. The molecule has 0 spiro atoms. The van der Waals surface area contributed by atoms with Gasteiger partial charge in [-0.05, 0) is 20.3 Å². The Morgan fingerprint density at radius 1 is 1.53 bits per heavy atom. The van der Waals surface area contributed by atoms with Crippen LogP contribution in [0.2, 0.25) is 0 Å². The number of amides is 1. The van der Waals surface area contributed by atoms with Crippen LogP contribution in [-0.2, 0) is 4.74 Å². The molecule has 1 rings (SSSR count). The van der Waals surface area contributed by atoms with Gasteiger partial charge in [0.2, 0.25) is 0 Å². The molecule has 7 heteroatoms. The quantitative estimate of drug-likeness (QED) is 0.664. The van der Waals surface area contributed by atoms with Gasteiger partial charge in [0.05, 0.1) is 6.61 Å². The maximum Gasteiger partial charge on any atom is 0.265 e. The highest BCUT2D eigenvalue weighted by atomic mass is 32.1. The maximum atomic E-state index is 12.1. The van der Waals surface area contributed by atoms with E-state index in [2.05, 4.69) is 15.6 Å². The smallest absolute Gasteiger partial charge is 0.265 e. The summed E-state index contributed by atoms with van der Waals surface area (Å²) in [5.41, 5.74) is 5.52. The van der Waals surface area contributed by atoms with Crippen molar-refractivity contribution in [2.24, 2.45) is 0 Å². The lowest BCUT2D eigenvalue weighted by molar-refractivity contribution is 0.0916. The van der Waals surface area contributed by atoms with Gasteiger partial charge in [-0.25, -0.2) is 4.98 Å². The molecule has 0 aliphatic heterocycles. The summed E-state index contributed by atoms with van der Waals surface area (Å²) in [6.45, 7) is 7.17. The molecule has 1 amide bonds. The zero-order valence-electron chi connectivity index (χ0n) is 11.9. The number of carbonyl (C=O) groups excluding carboxylic acids is 1. The van der Waals surface area contributed by atoms with Crippen molar-refractivity contribution in [3.63, 3.8) is 0 Å². The monoisotopic (exact) mass is 286 g/mol. The van der Waals surface area contributed by atoms with Crippen LogP contribution in [0, 0.1) is 0 Å². The van der Waals surface area contributed by atoms with E-state index in [-0.39, 0.29) is 17.3 Å². The summed E-state index contributed by atoms with van der Waals surface area (Å²) >= 11 is 1.25. The zero-order chi connectivity index (χ0) is 14.5. The van der Waals surface area contributed by atoms with Crippen molar-refractivity contribution in [2.45, 2.75) is 32.7 Å². The predicted molar refractivity (Wildman–Crippen MR) is 78.7 cm³/mol. The lowest BCUT2D eigenvalue weighted by atomic mass is 10.0. The van der Waals surface area contributed by atoms with Crippen LogP contribution >= 0.6 is 11.3 Å². The van der Waals surface area contributed by atoms with E-state index in [9.17, 15) is 4.79 Å². The number of thiazole rings is 1. The van der Waals surface area contributed by atoms with Crippen molar-refractivity contribution >= 4 is 28.2 Å². The fraction of sp³-hybridized carbons (Fsp3) is 0.667. The molecule has 0 bridgehead atoms. The molecular weight excluding hydrogens is 264 g/mol. The summed E-state index contributed by atoms with van der Waals surface area (Å²) in [6.07, 6.45) is 0.844. The summed E-state index contributed by atoms with van der Waals surface area (Å²) in [6, 6.07) is 0.